The topological polar surface area (TPSA) is 45.4 Å². The fourth-order valence-corrected chi connectivity index (χ4v) is 2.22. The van der Waals surface area contributed by atoms with Crippen molar-refractivity contribution in [1.29, 1.82) is 0 Å². The van der Waals surface area contributed by atoms with Crippen LogP contribution in [0.25, 0.3) is 11.3 Å². The van der Waals surface area contributed by atoms with Crippen molar-refractivity contribution in [1.82, 2.24) is 5.32 Å². The molecule has 102 valence electrons. The predicted octanol–water partition coefficient (Wildman–Crippen LogP) is 3.73. The van der Waals surface area contributed by atoms with Gasteiger partial charge in [0.2, 0.25) is 0 Å². The van der Waals surface area contributed by atoms with Crippen LogP contribution in [0.2, 0.25) is 10.0 Å². The number of aliphatic hydroxyl groups is 1. The summed E-state index contributed by atoms with van der Waals surface area (Å²) in [5.41, 5.74) is 0.827. The molecule has 1 heterocycles. The SMILES string of the molecule is OCCCNCc1ccc(-c2ccc(Cl)cc2Cl)o1. The van der Waals surface area contributed by atoms with Crippen molar-refractivity contribution in [3.05, 3.63) is 46.1 Å². The van der Waals surface area contributed by atoms with Crippen LogP contribution in [-0.4, -0.2) is 18.3 Å². The van der Waals surface area contributed by atoms with Gasteiger partial charge in [-0.25, -0.2) is 0 Å². The van der Waals surface area contributed by atoms with Crippen molar-refractivity contribution >= 4 is 23.2 Å². The number of furan rings is 1. The van der Waals surface area contributed by atoms with Crippen LogP contribution in [0.15, 0.2) is 34.7 Å². The van der Waals surface area contributed by atoms with Gasteiger partial charge in [0.15, 0.2) is 0 Å². The van der Waals surface area contributed by atoms with Crippen LogP contribution >= 0.6 is 23.2 Å². The first-order chi connectivity index (χ1) is 9.20. The van der Waals surface area contributed by atoms with E-state index < -0.39 is 0 Å². The van der Waals surface area contributed by atoms with Gasteiger partial charge in [0.25, 0.3) is 0 Å². The molecule has 2 aromatic rings. The lowest BCUT2D eigenvalue weighted by Crippen LogP contribution is -2.15. The van der Waals surface area contributed by atoms with Crippen LogP contribution in [0, 0.1) is 0 Å². The molecule has 0 amide bonds. The average Bonchev–Trinajstić information content (AvgIpc) is 2.83. The number of aliphatic hydroxyl groups excluding tert-OH is 1. The molecule has 1 aromatic heterocycles. The normalized spacial score (nSPS) is 10.9. The van der Waals surface area contributed by atoms with Crippen LogP contribution < -0.4 is 5.32 Å². The molecule has 0 unspecified atom stereocenters. The Kier molecular flexibility index (Phi) is 5.28. The van der Waals surface area contributed by atoms with Crippen LogP contribution in [0.1, 0.15) is 12.2 Å². The molecular formula is C14H15Cl2NO2. The first-order valence-electron chi connectivity index (χ1n) is 6.06. The summed E-state index contributed by atoms with van der Waals surface area (Å²) in [6.07, 6.45) is 0.733. The van der Waals surface area contributed by atoms with Gasteiger partial charge in [0, 0.05) is 17.2 Å². The third-order valence-electron chi connectivity index (χ3n) is 2.67. The minimum Gasteiger partial charge on any atom is -0.460 e. The van der Waals surface area contributed by atoms with Gasteiger partial charge in [0.1, 0.15) is 11.5 Å². The fourth-order valence-electron chi connectivity index (χ4n) is 1.72. The molecule has 1 aromatic carbocycles. The zero-order valence-corrected chi connectivity index (χ0v) is 11.8. The lowest BCUT2D eigenvalue weighted by Gasteiger charge is -2.02. The number of hydrogen-bond donors (Lipinski definition) is 2. The largest absolute Gasteiger partial charge is 0.460 e. The molecule has 3 nitrogen and oxygen atoms in total. The number of nitrogens with one attached hydrogen (secondary N) is 1. The molecule has 0 atom stereocenters. The predicted molar refractivity (Wildman–Crippen MR) is 77.6 cm³/mol. The van der Waals surface area contributed by atoms with E-state index >= 15 is 0 Å². The molecular weight excluding hydrogens is 285 g/mol. The zero-order valence-electron chi connectivity index (χ0n) is 10.3. The second-order valence-corrected chi connectivity index (χ2v) is 4.99. The Labute approximate surface area is 122 Å². The molecule has 0 radical (unpaired) electrons. The van der Waals surface area contributed by atoms with Crippen molar-refractivity contribution in [3.63, 3.8) is 0 Å². The first-order valence-corrected chi connectivity index (χ1v) is 6.82. The molecule has 0 saturated carbocycles. The third kappa shape index (κ3) is 3.98. The summed E-state index contributed by atoms with van der Waals surface area (Å²) in [5.74, 6) is 1.56. The Bertz CT molecular complexity index is 540. The van der Waals surface area contributed by atoms with E-state index in [0.29, 0.717) is 16.6 Å². The molecule has 0 saturated heterocycles. The molecule has 0 spiro atoms. The molecule has 2 rings (SSSR count). The summed E-state index contributed by atoms with van der Waals surface area (Å²) in [7, 11) is 0. The highest BCUT2D eigenvalue weighted by Crippen LogP contribution is 2.31. The van der Waals surface area contributed by atoms with Gasteiger partial charge in [0.05, 0.1) is 11.6 Å². The summed E-state index contributed by atoms with van der Waals surface area (Å²) < 4.78 is 5.72. The minimum atomic E-state index is 0.191. The van der Waals surface area contributed by atoms with Crippen molar-refractivity contribution in [2.75, 3.05) is 13.2 Å². The van der Waals surface area contributed by atoms with Crippen LogP contribution in [-0.2, 0) is 6.54 Å². The quantitative estimate of drug-likeness (QED) is 0.799. The minimum absolute atomic E-state index is 0.191. The molecule has 2 N–H and O–H groups in total. The van der Waals surface area contributed by atoms with Crippen LogP contribution in [0.5, 0.6) is 0 Å². The van der Waals surface area contributed by atoms with E-state index in [9.17, 15) is 0 Å². The van der Waals surface area contributed by atoms with Gasteiger partial charge in [-0.15, -0.1) is 0 Å². The van der Waals surface area contributed by atoms with E-state index in [4.69, 9.17) is 32.7 Å². The first kappa shape index (κ1) is 14.4. The zero-order chi connectivity index (χ0) is 13.7. The number of benzene rings is 1. The lowest BCUT2D eigenvalue weighted by molar-refractivity contribution is 0.285. The molecule has 0 aliphatic rings. The van der Waals surface area contributed by atoms with Crippen molar-refractivity contribution in [2.24, 2.45) is 0 Å². The summed E-state index contributed by atoms with van der Waals surface area (Å²) >= 11 is 12.0. The summed E-state index contributed by atoms with van der Waals surface area (Å²) in [4.78, 5) is 0. The standard InChI is InChI=1S/C14H15Cl2NO2/c15-10-2-4-12(13(16)8-10)14-5-3-11(19-14)9-17-6-1-7-18/h2-5,8,17-18H,1,6-7,9H2. The maximum Gasteiger partial charge on any atom is 0.135 e. The van der Waals surface area contributed by atoms with Gasteiger partial charge in [-0.3, -0.25) is 0 Å². The highest BCUT2D eigenvalue weighted by molar-refractivity contribution is 6.36. The highest BCUT2D eigenvalue weighted by atomic mass is 35.5. The smallest absolute Gasteiger partial charge is 0.135 e. The second-order valence-electron chi connectivity index (χ2n) is 4.14. The fraction of sp³-hybridized carbons (Fsp3) is 0.286. The van der Waals surface area contributed by atoms with E-state index in [1.807, 2.05) is 18.2 Å². The van der Waals surface area contributed by atoms with Crippen molar-refractivity contribution < 1.29 is 9.52 Å². The van der Waals surface area contributed by atoms with Gasteiger partial charge in [-0.1, -0.05) is 23.2 Å². The lowest BCUT2D eigenvalue weighted by atomic mass is 10.2. The Hall–Kier alpha value is -1.00. The maximum absolute atomic E-state index is 8.68. The van der Waals surface area contributed by atoms with Gasteiger partial charge >= 0.3 is 0 Å². The van der Waals surface area contributed by atoms with E-state index in [1.54, 1.807) is 12.1 Å². The highest BCUT2D eigenvalue weighted by Gasteiger charge is 2.08. The Balaban J connectivity index is 2.04. The third-order valence-corrected chi connectivity index (χ3v) is 3.22. The molecule has 0 fully saturated rings. The Morgan fingerprint density at radius 2 is 2.00 bits per heavy atom. The van der Waals surface area contributed by atoms with E-state index in [1.165, 1.54) is 0 Å². The van der Waals surface area contributed by atoms with Gasteiger partial charge in [-0.2, -0.15) is 0 Å². The number of halogens is 2. The molecule has 0 aliphatic heterocycles. The van der Waals surface area contributed by atoms with Crippen LogP contribution in [0.3, 0.4) is 0 Å². The molecule has 0 aliphatic carbocycles. The molecule has 0 bridgehead atoms. The summed E-state index contributed by atoms with van der Waals surface area (Å²) in [5, 5.41) is 13.0. The van der Waals surface area contributed by atoms with Crippen LogP contribution in [0.4, 0.5) is 0 Å². The van der Waals surface area contributed by atoms with E-state index in [-0.39, 0.29) is 6.61 Å². The Morgan fingerprint density at radius 1 is 1.16 bits per heavy atom. The van der Waals surface area contributed by atoms with E-state index in [2.05, 4.69) is 5.32 Å². The molecule has 5 heteroatoms. The molecule has 19 heavy (non-hydrogen) atoms. The Morgan fingerprint density at radius 3 is 2.74 bits per heavy atom. The van der Waals surface area contributed by atoms with Crippen molar-refractivity contribution in [2.45, 2.75) is 13.0 Å². The monoisotopic (exact) mass is 299 g/mol. The maximum atomic E-state index is 8.68. The summed E-state index contributed by atoms with van der Waals surface area (Å²) in [6, 6.07) is 9.11. The number of rotatable bonds is 6. The van der Waals surface area contributed by atoms with Gasteiger partial charge < -0.3 is 14.8 Å². The number of hydrogen-bond acceptors (Lipinski definition) is 3. The van der Waals surface area contributed by atoms with E-state index in [0.717, 1.165) is 30.0 Å². The summed E-state index contributed by atoms with van der Waals surface area (Å²) in [6.45, 7) is 1.58. The second kappa shape index (κ2) is 6.96. The van der Waals surface area contributed by atoms with Crippen molar-refractivity contribution in [3.8, 4) is 11.3 Å². The van der Waals surface area contributed by atoms with Gasteiger partial charge in [-0.05, 0) is 43.3 Å². The average molecular weight is 300 g/mol.